The number of pyridine rings is 1. The van der Waals surface area contributed by atoms with Crippen molar-refractivity contribution in [3.63, 3.8) is 0 Å². The van der Waals surface area contributed by atoms with E-state index in [0.29, 0.717) is 31.5 Å². The minimum atomic E-state index is -0.516. The molecule has 2 unspecified atom stereocenters. The molecule has 1 amide bonds. The van der Waals surface area contributed by atoms with Crippen LogP contribution in [0.4, 0.5) is 11.5 Å². The van der Waals surface area contributed by atoms with Crippen LogP contribution in [-0.4, -0.2) is 47.9 Å². The van der Waals surface area contributed by atoms with Gasteiger partial charge < -0.3 is 20.1 Å². The van der Waals surface area contributed by atoms with Gasteiger partial charge in [0.1, 0.15) is 0 Å². The summed E-state index contributed by atoms with van der Waals surface area (Å²) in [4.78, 5) is 19.7. The first-order chi connectivity index (χ1) is 13.0. The van der Waals surface area contributed by atoms with Crippen LogP contribution in [0.2, 0.25) is 0 Å². The number of aliphatic hydroxyl groups is 1. The highest BCUT2D eigenvalue weighted by Gasteiger charge is 2.57. The van der Waals surface area contributed by atoms with Gasteiger partial charge in [-0.1, -0.05) is 0 Å². The Morgan fingerprint density at radius 2 is 2.00 bits per heavy atom. The maximum atomic E-state index is 13.0. The lowest BCUT2D eigenvalue weighted by atomic mass is 9.47. The maximum absolute atomic E-state index is 13.0. The van der Waals surface area contributed by atoms with E-state index < -0.39 is 5.60 Å². The van der Waals surface area contributed by atoms with E-state index in [1.807, 2.05) is 12.1 Å². The Kier molecular flexibility index (Phi) is 4.17. The van der Waals surface area contributed by atoms with Gasteiger partial charge in [-0.3, -0.25) is 4.79 Å². The van der Waals surface area contributed by atoms with E-state index in [-0.39, 0.29) is 11.3 Å². The summed E-state index contributed by atoms with van der Waals surface area (Å²) in [6.45, 7) is 2.96. The lowest BCUT2D eigenvalue weighted by molar-refractivity contribution is -0.167. The predicted molar refractivity (Wildman–Crippen MR) is 103 cm³/mol. The first-order valence-electron chi connectivity index (χ1n) is 10.3. The van der Waals surface area contributed by atoms with Crippen LogP contribution in [0, 0.1) is 17.3 Å². The van der Waals surface area contributed by atoms with Gasteiger partial charge in [0, 0.05) is 25.7 Å². The molecule has 1 aromatic heterocycles. The van der Waals surface area contributed by atoms with Gasteiger partial charge in [-0.2, -0.15) is 0 Å². The number of amides is 1. The van der Waals surface area contributed by atoms with E-state index in [9.17, 15) is 9.90 Å². The Hall–Kier alpha value is -1.66. The van der Waals surface area contributed by atoms with Crippen LogP contribution >= 0.6 is 0 Å². The van der Waals surface area contributed by atoms with Crippen molar-refractivity contribution in [1.82, 2.24) is 4.98 Å². The average molecular weight is 371 g/mol. The Morgan fingerprint density at radius 3 is 2.70 bits per heavy atom. The SMILES string of the molecule is O=C(CC12CC3CC(CC(O)(C3)C1)C2)Nc1cccnc1N1CCOCC1. The highest BCUT2D eigenvalue weighted by atomic mass is 16.5. The molecule has 1 aromatic rings. The number of hydrogen-bond acceptors (Lipinski definition) is 5. The fraction of sp³-hybridized carbons (Fsp3) is 0.714. The third-order valence-electron chi connectivity index (χ3n) is 7.06. The number of carbonyl (C=O) groups is 1. The summed E-state index contributed by atoms with van der Waals surface area (Å²) in [7, 11) is 0. The van der Waals surface area contributed by atoms with Crippen molar-refractivity contribution in [2.45, 2.75) is 50.5 Å². The molecule has 1 saturated heterocycles. The summed E-state index contributed by atoms with van der Waals surface area (Å²) in [6, 6.07) is 3.80. The molecule has 4 bridgehead atoms. The highest BCUT2D eigenvalue weighted by Crippen LogP contribution is 2.62. The molecule has 0 spiro atoms. The Bertz CT molecular complexity index is 717. The number of morpholine rings is 1. The molecule has 5 aliphatic rings. The molecule has 27 heavy (non-hydrogen) atoms. The summed E-state index contributed by atoms with van der Waals surface area (Å²) >= 11 is 0. The standard InChI is InChI=1S/C21H29N3O3/c25-18(13-20-9-15-8-16(10-20)12-21(26,11-15)14-20)23-17-2-1-3-22-19(17)24-4-6-27-7-5-24/h1-3,15-16,26H,4-14H2,(H,23,25). The van der Waals surface area contributed by atoms with Gasteiger partial charge in [-0.15, -0.1) is 0 Å². The predicted octanol–water partition coefficient (Wildman–Crippen LogP) is 2.58. The van der Waals surface area contributed by atoms with Gasteiger partial charge in [0.15, 0.2) is 5.82 Å². The van der Waals surface area contributed by atoms with E-state index in [4.69, 9.17) is 4.74 Å². The third-order valence-corrected chi connectivity index (χ3v) is 7.06. The first-order valence-corrected chi connectivity index (χ1v) is 10.3. The molecule has 6 rings (SSSR count). The number of ether oxygens (including phenoxy) is 1. The van der Waals surface area contributed by atoms with E-state index in [1.165, 1.54) is 6.42 Å². The number of carbonyl (C=O) groups excluding carboxylic acids is 1. The molecule has 6 nitrogen and oxygen atoms in total. The summed E-state index contributed by atoms with van der Waals surface area (Å²) in [5, 5.41) is 14.1. The molecule has 4 saturated carbocycles. The number of aromatic nitrogens is 1. The number of nitrogens with one attached hydrogen (secondary N) is 1. The van der Waals surface area contributed by atoms with E-state index in [1.54, 1.807) is 6.20 Å². The van der Waals surface area contributed by atoms with E-state index >= 15 is 0 Å². The molecular formula is C21H29N3O3. The van der Waals surface area contributed by atoms with Crippen LogP contribution in [0.1, 0.15) is 44.9 Å². The van der Waals surface area contributed by atoms with Crippen molar-refractivity contribution < 1.29 is 14.6 Å². The summed E-state index contributed by atoms with van der Waals surface area (Å²) in [6.07, 6.45) is 8.41. The molecule has 2 heterocycles. The molecule has 4 aliphatic carbocycles. The van der Waals surface area contributed by atoms with Crippen LogP contribution in [0.25, 0.3) is 0 Å². The van der Waals surface area contributed by atoms with Gasteiger partial charge in [-0.05, 0) is 67.9 Å². The van der Waals surface area contributed by atoms with Gasteiger partial charge >= 0.3 is 0 Å². The highest BCUT2D eigenvalue weighted by molar-refractivity contribution is 5.94. The number of hydrogen-bond donors (Lipinski definition) is 2. The Morgan fingerprint density at radius 1 is 1.26 bits per heavy atom. The van der Waals surface area contributed by atoms with Gasteiger partial charge in [-0.25, -0.2) is 4.98 Å². The van der Waals surface area contributed by atoms with Crippen molar-refractivity contribution in [2.75, 3.05) is 36.5 Å². The number of nitrogens with zero attached hydrogens (tertiary/aromatic N) is 2. The van der Waals surface area contributed by atoms with Gasteiger partial charge in [0.25, 0.3) is 0 Å². The smallest absolute Gasteiger partial charge is 0.225 e. The van der Waals surface area contributed by atoms with Crippen LogP contribution in [-0.2, 0) is 9.53 Å². The summed E-state index contributed by atoms with van der Waals surface area (Å²) in [5.41, 5.74) is 0.259. The summed E-state index contributed by atoms with van der Waals surface area (Å²) < 4.78 is 5.43. The lowest BCUT2D eigenvalue weighted by Gasteiger charge is -2.60. The first kappa shape index (κ1) is 17.4. The second-order valence-electron chi connectivity index (χ2n) is 9.38. The molecule has 2 N–H and O–H groups in total. The Labute approximate surface area is 160 Å². The molecule has 146 valence electrons. The van der Waals surface area contributed by atoms with Crippen LogP contribution in [0.3, 0.4) is 0 Å². The maximum Gasteiger partial charge on any atom is 0.225 e. The topological polar surface area (TPSA) is 74.7 Å². The van der Waals surface area contributed by atoms with Crippen molar-refractivity contribution in [3.05, 3.63) is 18.3 Å². The quantitative estimate of drug-likeness (QED) is 0.851. The second kappa shape index (κ2) is 6.45. The zero-order valence-electron chi connectivity index (χ0n) is 15.8. The monoisotopic (exact) mass is 371 g/mol. The van der Waals surface area contributed by atoms with Crippen LogP contribution in [0.15, 0.2) is 18.3 Å². The molecule has 1 aliphatic heterocycles. The van der Waals surface area contributed by atoms with Gasteiger partial charge in [0.05, 0.1) is 24.5 Å². The molecule has 0 radical (unpaired) electrons. The van der Waals surface area contributed by atoms with Crippen molar-refractivity contribution in [3.8, 4) is 0 Å². The average Bonchev–Trinajstić information content (AvgIpc) is 2.60. The van der Waals surface area contributed by atoms with E-state index in [2.05, 4.69) is 15.2 Å². The van der Waals surface area contributed by atoms with Crippen molar-refractivity contribution in [1.29, 1.82) is 0 Å². The number of rotatable bonds is 4. The molecule has 6 heteroatoms. The largest absolute Gasteiger partial charge is 0.390 e. The Balaban J connectivity index is 1.30. The number of anilines is 2. The molecule has 0 aromatic carbocycles. The molecule has 2 atom stereocenters. The third kappa shape index (κ3) is 3.34. The van der Waals surface area contributed by atoms with E-state index in [0.717, 1.165) is 56.7 Å². The fourth-order valence-corrected chi connectivity index (χ4v) is 6.67. The van der Waals surface area contributed by atoms with Crippen LogP contribution < -0.4 is 10.2 Å². The zero-order valence-corrected chi connectivity index (χ0v) is 15.8. The summed E-state index contributed by atoms with van der Waals surface area (Å²) in [5.74, 6) is 2.10. The molecule has 5 fully saturated rings. The normalized spacial score (nSPS) is 37.4. The minimum absolute atomic E-state index is 0.00967. The second-order valence-corrected chi connectivity index (χ2v) is 9.38. The van der Waals surface area contributed by atoms with Gasteiger partial charge in [0.2, 0.25) is 5.91 Å². The minimum Gasteiger partial charge on any atom is -0.390 e. The zero-order chi connectivity index (χ0) is 18.5. The van der Waals surface area contributed by atoms with Crippen LogP contribution in [0.5, 0.6) is 0 Å². The lowest BCUT2D eigenvalue weighted by Crippen LogP contribution is -2.56. The van der Waals surface area contributed by atoms with Crippen molar-refractivity contribution >= 4 is 17.4 Å². The molecular weight excluding hydrogens is 342 g/mol. The fourth-order valence-electron chi connectivity index (χ4n) is 6.67. The van der Waals surface area contributed by atoms with Crippen molar-refractivity contribution in [2.24, 2.45) is 17.3 Å².